The molecular weight excluding hydrogens is 396 g/mol. The highest BCUT2D eigenvalue weighted by Gasteiger charge is 2.31. The Labute approximate surface area is 145 Å². The van der Waals surface area contributed by atoms with E-state index in [2.05, 4.69) is 19.3 Å². The second-order valence-electron chi connectivity index (χ2n) is 5.16. The Morgan fingerprint density at radius 3 is 2.65 bits per heavy atom. The molecule has 2 atom stereocenters. The van der Waals surface area contributed by atoms with Crippen LogP contribution in [0.2, 0.25) is 0 Å². The van der Waals surface area contributed by atoms with E-state index in [9.17, 15) is 23.9 Å². The number of phosphoric acid groups is 1. The van der Waals surface area contributed by atoms with Crippen molar-refractivity contribution in [2.24, 2.45) is 0 Å². The molecule has 146 valence electrons. The molecule has 2 heterocycles. The number of aliphatic hydroxyl groups excluding tert-OH is 1. The van der Waals surface area contributed by atoms with Crippen LogP contribution in [0.4, 0.5) is 5.95 Å². The first-order chi connectivity index (χ1) is 12.0. The number of fused-ring (bicyclic) bond motifs is 1. The first-order valence-corrected chi connectivity index (χ1v) is 10.3. The molecule has 0 amide bonds. The van der Waals surface area contributed by atoms with Crippen LogP contribution in [0.5, 0.6) is 0 Å². The second kappa shape index (κ2) is 7.94. The Kier molecular flexibility index (Phi) is 6.32. The lowest BCUT2D eigenvalue weighted by Crippen LogP contribution is -2.21. The molecule has 26 heavy (non-hydrogen) atoms. The predicted molar refractivity (Wildman–Crippen MR) is 87.0 cm³/mol. The zero-order valence-corrected chi connectivity index (χ0v) is 14.9. The molecule has 0 saturated heterocycles. The largest absolute Gasteiger partial charge is 0.476 e. The van der Waals surface area contributed by atoms with Crippen LogP contribution in [-0.2, 0) is 24.9 Å². The van der Waals surface area contributed by atoms with Gasteiger partial charge in [-0.05, 0) is 6.42 Å². The molecule has 1 unspecified atom stereocenters. The average molecular weight is 413 g/mol. The van der Waals surface area contributed by atoms with Gasteiger partial charge in [0.2, 0.25) is 5.95 Å². The van der Waals surface area contributed by atoms with Crippen molar-refractivity contribution < 1.29 is 38.0 Å². The molecule has 0 aliphatic heterocycles. The normalized spacial score (nSPS) is 15.8. The summed E-state index contributed by atoms with van der Waals surface area (Å²) in [6, 6.07) is 0. The van der Waals surface area contributed by atoms with E-state index in [0.29, 0.717) is 0 Å². The Morgan fingerprint density at radius 2 is 2.04 bits per heavy atom. The number of nitrogens with two attached hydrogens (primary N) is 1. The molecule has 0 fully saturated rings. The summed E-state index contributed by atoms with van der Waals surface area (Å²) in [4.78, 5) is 48.2. The van der Waals surface area contributed by atoms with E-state index in [1.807, 2.05) is 0 Å². The SMILES string of the molecule is Nc1nc2c(ncn2CO[C@H](CO)CCP(=O)(O)OP(=O)(O)O)c(=O)[nH]1. The molecular formula is C10H17N5O9P2. The minimum absolute atomic E-state index is 0.0262. The van der Waals surface area contributed by atoms with Crippen molar-refractivity contribution in [1.82, 2.24) is 19.5 Å². The van der Waals surface area contributed by atoms with Crippen molar-refractivity contribution in [3.05, 3.63) is 16.7 Å². The molecule has 14 nitrogen and oxygen atoms in total. The molecule has 0 aromatic carbocycles. The number of nitrogen functional groups attached to an aromatic ring is 1. The molecule has 0 aliphatic carbocycles. The number of anilines is 1. The third kappa shape index (κ3) is 5.69. The second-order valence-corrected chi connectivity index (χ2v) is 8.52. The van der Waals surface area contributed by atoms with Gasteiger partial charge in [0.05, 0.1) is 25.2 Å². The number of nitrogens with one attached hydrogen (secondary N) is 1. The van der Waals surface area contributed by atoms with Crippen LogP contribution in [0, 0.1) is 0 Å². The van der Waals surface area contributed by atoms with Gasteiger partial charge in [0, 0.05) is 0 Å². The number of rotatable bonds is 9. The standard InChI is InChI=1S/C10H17N5O9P2/c11-10-13-8-7(9(17)14-10)12-4-15(8)5-23-6(3-16)1-2-25(18,19)24-26(20,21)22/h4,6,16H,1-3,5H2,(H,18,19)(H2,20,21,22)(H3,11,13,14,17)/t6-/m0/s1. The molecule has 2 aromatic rings. The summed E-state index contributed by atoms with van der Waals surface area (Å²) in [5.41, 5.74) is 5.08. The number of hydrogen-bond donors (Lipinski definition) is 6. The van der Waals surface area contributed by atoms with Gasteiger partial charge in [-0.25, -0.2) is 13.9 Å². The first-order valence-electron chi connectivity index (χ1n) is 7.02. The maximum atomic E-state index is 11.7. The Hall–Kier alpha value is -1.63. The maximum Gasteiger partial charge on any atom is 0.476 e. The Balaban J connectivity index is 2.00. The van der Waals surface area contributed by atoms with Crippen molar-refractivity contribution in [3.63, 3.8) is 0 Å². The fraction of sp³-hybridized carbons (Fsp3) is 0.500. The van der Waals surface area contributed by atoms with E-state index in [1.54, 1.807) is 0 Å². The van der Waals surface area contributed by atoms with E-state index >= 15 is 0 Å². The number of aromatic nitrogens is 4. The van der Waals surface area contributed by atoms with Gasteiger partial charge in [-0.3, -0.25) is 18.9 Å². The van der Waals surface area contributed by atoms with E-state index in [-0.39, 0.29) is 30.3 Å². The lowest BCUT2D eigenvalue weighted by Gasteiger charge is -2.18. The van der Waals surface area contributed by atoms with Crippen molar-refractivity contribution in [3.8, 4) is 0 Å². The fourth-order valence-corrected chi connectivity index (χ4v) is 4.26. The van der Waals surface area contributed by atoms with Crippen molar-refractivity contribution in [1.29, 1.82) is 0 Å². The van der Waals surface area contributed by atoms with E-state index < -0.39 is 39.9 Å². The highest BCUT2D eigenvalue weighted by molar-refractivity contribution is 7.63. The van der Waals surface area contributed by atoms with Crippen LogP contribution in [0.3, 0.4) is 0 Å². The number of aromatic amines is 1. The number of aliphatic hydroxyl groups is 1. The van der Waals surface area contributed by atoms with Crippen molar-refractivity contribution >= 4 is 32.5 Å². The smallest absolute Gasteiger partial charge is 0.394 e. The lowest BCUT2D eigenvalue weighted by molar-refractivity contribution is -0.0239. The van der Waals surface area contributed by atoms with Crippen molar-refractivity contribution in [2.75, 3.05) is 18.5 Å². The minimum atomic E-state index is -5.13. The summed E-state index contributed by atoms with van der Waals surface area (Å²) in [5, 5.41) is 9.28. The average Bonchev–Trinajstić information content (AvgIpc) is 2.88. The van der Waals surface area contributed by atoms with Gasteiger partial charge >= 0.3 is 15.4 Å². The quantitative estimate of drug-likeness (QED) is 0.264. The summed E-state index contributed by atoms with van der Waals surface area (Å²) in [7, 11) is -9.69. The van der Waals surface area contributed by atoms with Crippen LogP contribution >= 0.6 is 15.4 Å². The Morgan fingerprint density at radius 1 is 1.35 bits per heavy atom. The van der Waals surface area contributed by atoms with Crippen LogP contribution < -0.4 is 11.3 Å². The van der Waals surface area contributed by atoms with Gasteiger partial charge in [0.15, 0.2) is 11.2 Å². The van der Waals surface area contributed by atoms with Crippen LogP contribution in [0.15, 0.2) is 11.1 Å². The summed E-state index contributed by atoms with van der Waals surface area (Å²) in [6.45, 7) is -0.759. The number of H-pyrrole nitrogens is 1. The molecule has 0 saturated carbocycles. The van der Waals surface area contributed by atoms with E-state index in [1.165, 1.54) is 10.9 Å². The number of nitrogens with zero attached hydrogens (tertiary/aromatic N) is 3. The molecule has 2 rings (SSSR count). The monoisotopic (exact) mass is 413 g/mol. The zero-order valence-electron chi connectivity index (χ0n) is 13.1. The predicted octanol–water partition coefficient (Wildman–Crippen LogP) is -1.28. The molecule has 0 radical (unpaired) electrons. The van der Waals surface area contributed by atoms with Crippen LogP contribution in [0.25, 0.3) is 11.2 Å². The number of ether oxygens (including phenoxy) is 1. The topological polar surface area (TPSA) is 223 Å². The third-order valence-electron chi connectivity index (χ3n) is 3.11. The molecule has 2 aromatic heterocycles. The van der Waals surface area contributed by atoms with E-state index in [4.69, 9.17) is 20.3 Å². The lowest BCUT2D eigenvalue weighted by atomic mass is 10.3. The summed E-state index contributed by atoms with van der Waals surface area (Å²) in [6.07, 6.45) is -0.576. The zero-order chi connectivity index (χ0) is 19.5. The summed E-state index contributed by atoms with van der Waals surface area (Å²) in [5.74, 6) is -0.126. The fourth-order valence-electron chi connectivity index (χ4n) is 1.99. The van der Waals surface area contributed by atoms with Crippen LogP contribution in [0.1, 0.15) is 6.42 Å². The highest BCUT2D eigenvalue weighted by atomic mass is 31.3. The maximum absolute atomic E-state index is 11.7. The minimum Gasteiger partial charge on any atom is -0.394 e. The number of hydrogen-bond acceptors (Lipinski definition) is 9. The summed E-state index contributed by atoms with van der Waals surface area (Å²) < 4.78 is 32.7. The molecule has 0 spiro atoms. The Bertz CT molecular complexity index is 921. The molecule has 0 bridgehead atoms. The molecule has 0 aliphatic rings. The van der Waals surface area contributed by atoms with Gasteiger partial charge in [0.1, 0.15) is 6.73 Å². The summed E-state index contributed by atoms with van der Waals surface area (Å²) >= 11 is 0. The molecule has 7 N–H and O–H groups in total. The van der Waals surface area contributed by atoms with E-state index in [0.717, 1.165) is 0 Å². The van der Waals surface area contributed by atoms with Gasteiger partial charge in [-0.1, -0.05) is 0 Å². The van der Waals surface area contributed by atoms with Crippen LogP contribution in [-0.4, -0.2) is 58.2 Å². The van der Waals surface area contributed by atoms with Crippen molar-refractivity contribution in [2.45, 2.75) is 19.3 Å². The van der Waals surface area contributed by atoms with Gasteiger partial charge < -0.3 is 30.3 Å². The van der Waals surface area contributed by atoms with Gasteiger partial charge in [0.25, 0.3) is 5.56 Å². The third-order valence-corrected chi connectivity index (χ3v) is 5.81. The molecule has 16 heteroatoms. The first kappa shape index (κ1) is 20.7. The van der Waals surface area contributed by atoms with Gasteiger partial charge in [-0.2, -0.15) is 4.98 Å². The van der Waals surface area contributed by atoms with Gasteiger partial charge in [-0.15, -0.1) is 0 Å². The highest BCUT2D eigenvalue weighted by Crippen LogP contribution is 2.57. The number of imidazole rings is 1.